The van der Waals surface area contributed by atoms with E-state index < -0.39 is 0 Å². The lowest BCUT2D eigenvalue weighted by molar-refractivity contribution is -0.132. The van der Waals surface area contributed by atoms with E-state index in [1.807, 2.05) is 36.1 Å². The molecular formula is C22H31N5O2S. The van der Waals surface area contributed by atoms with Crippen molar-refractivity contribution in [2.45, 2.75) is 30.7 Å². The van der Waals surface area contributed by atoms with E-state index in [0.29, 0.717) is 6.54 Å². The van der Waals surface area contributed by atoms with Crippen molar-refractivity contribution in [2.24, 2.45) is 0 Å². The smallest absolute Gasteiger partial charge is 0.235 e. The number of fused-ring (bicyclic) bond motifs is 1. The van der Waals surface area contributed by atoms with Crippen molar-refractivity contribution in [1.29, 1.82) is 0 Å². The number of piperazine rings is 1. The van der Waals surface area contributed by atoms with Crippen LogP contribution in [0.3, 0.4) is 0 Å². The van der Waals surface area contributed by atoms with E-state index >= 15 is 0 Å². The second-order valence-electron chi connectivity index (χ2n) is 7.87. The second kappa shape index (κ2) is 10.0. The summed E-state index contributed by atoms with van der Waals surface area (Å²) in [6, 6.07) is 8.09. The molecule has 1 aromatic heterocycles. The van der Waals surface area contributed by atoms with Crippen LogP contribution in [0.15, 0.2) is 29.3 Å². The fourth-order valence-corrected chi connectivity index (χ4v) is 5.02. The van der Waals surface area contributed by atoms with E-state index in [0.717, 1.165) is 80.8 Å². The first-order valence-electron chi connectivity index (χ1n) is 10.9. The third-order valence-corrected chi connectivity index (χ3v) is 6.94. The molecule has 4 rings (SSSR count). The molecule has 3 heterocycles. The summed E-state index contributed by atoms with van der Waals surface area (Å²) >= 11 is 1.56. The molecule has 8 heteroatoms. The van der Waals surface area contributed by atoms with Crippen LogP contribution < -0.4 is 0 Å². The van der Waals surface area contributed by atoms with Gasteiger partial charge in [0.25, 0.3) is 0 Å². The Hall–Kier alpha value is -1.74. The highest BCUT2D eigenvalue weighted by Crippen LogP contribution is 2.30. The van der Waals surface area contributed by atoms with Gasteiger partial charge >= 0.3 is 0 Å². The number of amides is 1. The van der Waals surface area contributed by atoms with Crippen molar-refractivity contribution >= 4 is 28.6 Å². The minimum atomic E-state index is -0.173. The summed E-state index contributed by atoms with van der Waals surface area (Å²) in [6.45, 7) is 12.8. The molecule has 1 amide bonds. The third kappa shape index (κ3) is 5.11. The number of carbonyl (C=O) groups is 1. The number of nitrogens with zero attached hydrogens (tertiary/aromatic N) is 5. The Morgan fingerprint density at radius 3 is 2.53 bits per heavy atom. The van der Waals surface area contributed by atoms with Crippen LogP contribution in [0.25, 0.3) is 10.9 Å². The lowest BCUT2D eigenvalue weighted by atomic mass is 10.2. The number of hydrogen-bond acceptors (Lipinski definition) is 7. The number of ether oxygens (including phenoxy) is 1. The Morgan fingerprint density at radius 1 is 1.07 bits per heavy atom. The number of aromatic nitrogens is 2. The zero-order chi connectivity index (χ0) is 20.9. The third-order valence-electron chi connectivity index (χ3n) is 5.85. The van der Waals surface area contributed by atoms with Gasteiger partial charge in [0.15, 0.2) is 0 Å². The van der Waals surface area contributed by atoms with Gasteiger partial charge in [-0.05, 0) is 19.5 Å². The largest absolute Gasteiger partial charge is 0.379 e. The van der Waals surface area contributed by atoms with Crippen molar-refractivity contribution in [2.75, 3.05) is 59.0 Å². The number of thioether (sulfide) groups is 1. The first-order valence-corrected chi connectivity index (χ1v) is 11.8. The molecule has 2 aliphatic rings. The van der Waals surface area contributed by atoms with Gasteiger partial charge in [-0.2, -0.15) is 0 Å². The van der Waals surface area contributed by atoms with Crippen LogP contribution in [-0.4, -0.2) is 94.9 Å². The molecule has 0 spiro atoms. The SMILES string of the molecule is CCN1CCN(C(=O)C(C)Sc2nc(CN3CCOCC3)nc3ccccc23)CC1. The zero-order valence-electron chi connectivity index (χ0n) is 17.9. The highest BCUT2D eigenvalue weighted by Gasteiger charge is 2.26. The quantitative estimate of drug-likeness (QED) is 0.515. The lowest BCUT2D eigenvalue weighted by Crippen LogP contribution is -2.50. The van der Waals surface area contributed by atoms with Crippen LogP contribution in [0, 0.1) is 0 Å². The van der Waals surface area contributed by atoms with Crippen LogP contribution >= 0.6 is 11.8 Å². The van der Waals surface area contributed by atoms with Crippen molar-refractivity contribution in [3.05, 3.63) is 30.1 Å². The number of likely N-dealkylation sites (N-methyl/N-ethyl adjacent to an activating group) is 1. The summed E-state index contributed by atoms with van der Waals surface area (Å²) in [7, 11) is 0. The van der Waals surface area contributed by atoms with Gasteiger partial charge < -0.3 is 14.5 Å². The Morgan fingerprint density at radius 2 is 1.80 bits per heavy atom. The van der Waals surface area contributed by atoms with Crippen LogP contribution in [-0.2, 0) is 16.1 Å². The van der Waals surface area contributed by atoms with E-state index in [1.54, 1.807) is 11.8 Å². The molecule has 2 saturated heterocycles. The van der Waals surface area contributed by atoms with Crippen LogP contribution in [0.1, 0.15) is 19.7 Å². The number of carbonyl (C=O) groups excluding carboxylic acids is 1. The van der Waals surface area contributed by atoms with Crippen LogP contribution in [0.5, 0.6) is 0 Å². The van der Waals surface area contributed by atoms with Gasteiger partial charge in [0.2, 0.25) is 5.91 Å². The lowest BCUT2D eigenvalue weighted by Gasteiger charge is -2.35. The van der Waals surface area contributed by atoms with E-state index in [-0.39, 0.29) is 11.2 Å². The van der Waals surface area contributed by atoms with Crippen LogP contribution in [0.4, 0.5) is 0 Å². The van der Waals surface area contributed by atoms with Crippen molar-refractivity contribution in [3.8, 4) is 0 Å². The van der Waals surface area contributed by atoms with Gasteiger partial charge in [-0.25, -0.2) is 9.97 Å². The highest BCUT2D eigenvalue weighted by molar-refractivity contribution is 8.00. The number of benzene rings is 1. The van der Waals surface area contributed by atoms with Gasteiger partial charge in [-0.1, -0.05) is 36.9 Å². The molecule has 2 fully saturated rings. The molecule has 2 aromatic rings. The summed E-state index contributed by atoms with van der Waals surface area (Å²) in [5.74, 6) is 1.02. The van der Waals surface area contributed by atoms with Gasteiger partial charge in [0.05, 0.1) is 30.5 Å². The maximum atomic E-state index is 13.1. The molecule has 0 saturated carbocycles. The first-order chi connectivity index (χ1) is 14.6. The average Bonchev–Trinajstić information content (AvgIpc) is 2.79. The molecule has 0 radical (unpaired) electrons. The topological polar surface area (TPSA) is 61.8 Å². The molecule has 1 unspecified atom stereocenters. The number of rotatable bonds is 6. The van der Waals surface area contributed by atoms with Gasteiger partial charge in [0.1, 0.15) is 10.9 Å². The Kier molecular flexibility index (Phi) is 7.20. The molecule has 30 heavy (non-hydrogen) atoms. The monoisotopic (exact) mass is 429 g/mol. The van der Waals surface area contributed by atoms with Crippen molar-refractivity contribution < 1.29 is 9.53 Å². The standard InChI is InChI=1S/C22H31N5O2S/c1-3-25-8-10-27(11-9-25)22(28)17(2)30-21-18-6-4-5-7-19(18)23-20(24-21)16-26-12-14-29-15-13-26/h4-7,17H,3,8-16H2,1-2H3. The van der Waals surface area contributed by atoms with E-state index in [9.17, 15) is 4.79 Å². The molecule has 0 bridgehead atoms. The molecule has 7 nitrogen and oxygen atoms in total. The summed E-state index contributed by atoms with van der Waals surface area (Å²) in [5.41, 5.74) is 0.939. The second-order valence-corrected chi connectivity index (χ2v) is 9.20. The molecule has 0 N–H and O–H groups in total. The van der Waals surface area contributed by atoms with Gasteiger partial charge in [0, 0.05) is 44.7 Å². The van der Waals surface area contributed by atoms with Crippen LogP contribution in [0.2, 0.25) is 0 Å². The molecular weight excluding hydrogens is 398 g/mol. The Labute approximate surface area is 182 Å². The highest BCUT2D eigenvalue weighted by atomic mass is 32.2. The predicted molar refractivity (Wildman–Crippen MR) is 120 cm³/mol. The molecule has 0 aliphatic carbocycles. The minimum absolute atomic E-state index is 0.173. The summed E-state index contributed by atoms with van der Waals surface area (Å²) < 4.78 is 5.45. The fourth-order valence-electron chi connectivity index (χ4n) is 3.97. The van der Waals surface area contributed by atoms with Gasteiger partial charge in [-0.15, -0.1) is 0 Å². The Balaban J connectivity index is 1.49. The van der Waals surface area contributed by atoms with Gasteiger partial charge in [-0.3, -0.25) is 9.69 Å². The fraction of sp³-hybridized carbons (Fsp3) is 0.591. The average molecular weight is 430 g/mol. The number of morpholine rings is 1. The Bertz CT molecular complexity index is 866. The summed E-state index contributed by atoms with van der Waals surface area (Å²) in [5, 5.41) is 1.74. The molecule has 2 aliphatic heterocycles. The minimum Gasteiger partial charge on any atom is -0.379 e. The predicted octanol–water partition coefficient (Wildman–Crippen LogP) is 2.11. The van der Waals surface area contributed by atoms with E-state index in [4.69, 9.17) is 14.7 Å². The number of para-hydroxylation sites is 1. The summed E-state index contributed by atoms with van der Waals surface area (Å²) in [4.78, 5) is 29.4. The van der Waals surface area contributed by atoms with Crippen molar-refractivity contribution in [3.63, 3.8) is 0 Å². The molecule has 1 atom stereocenters. The maximum absolute atomic E-state index is 13.1. The maximum Gasteiger partial charge on any atom is 0.235 e. The molecule has 162 valence electrons. The van der Waals surface area contributed by atoms with E-state index in [2.05, 4.69) is 16.7 Å². The molecule has 1 aromatic carbocycles. The first kappa shape index (κ1) is 21.5. The number of hydrogen-bond donors (Lipinski definition) is 0. The summed E-state index contributed by atoms with van der Waals surface area (Å²) in [6.07, 6.45) is 0. The zero-order valence-corrected chi connectivity index (χ0v) is 18.7. The van der Waals surface area contributed by atoms with E-state index in [1.165, 1.54) is 0 Å². The van der Waals surface area contributed by atoms with Crippen molar-refractivity contribution in [1.82, 2.24) is 24.7 Å². The normalized spacial score (nSPS) is 19.9.